The Balaban J connectivity index is 0.000000104. The van der Waals surface area contributed by atoms with Gasteiger partial charge < -0.3 is 0 Å². The maximum Gasteiger partial charge on any atom is 0.0528 e. The van der Waals surface area contributed by atoms with Gasteiger partial charge in [-0.15, -0.1) is 0 Å². The van der Waals surface area contributed by atoms with E-state index in [1.807, 2.05) is 49.2 Å². The summed E-state index contributed by atoms with van der Waals surface area (Å²) >= 11 is 0. The Labute approximate surface area is 571 Å². The van der Waals surface area contributed by atoms with Gasteiger partial charge in [0, 0.05) is 90.9 Å². The second-order valence-corrected chi connectivity index (χ2v) is 28.1. The minimum Gasteiger partial charge on any atom is -0.260 e. The number of aryl methyl sites for hydroxylation is 10. The third kappa shape index (κ3) is 11.7. The molecular weight excluding hydrogens is 1160 g/mol. The molecule has 5 heteroatoms. The van der Waals surface area contributed by atoms with Crippen molar-refractivity contribution in [3.05, 3.63) is 320 Å². The van der Waals surface area contributed by atoms with Crippen LogP contribution in [-0.4, -0.2) is 24.9 Å². The lowest BCUT2D eigenvalue weighted by atomic mass is 9.94. The van der Waals surface area contributed by atoms with Crippen molar-refractivity contribution in [1.29, 1.82) is 0 Å². The molecule has 0 saturated carbocycles. The van der Waals surface area contributed by atoms with E-state index in [0.29, 0.717) is 0 Å². The smallest absolute Gasteiger partial charge is 0.0528 e. The van der Waals surface area contributed by atoms with Crippen molar-refractivity contribution in [2.75, 3.05) is 0 Å². The first-order valence-corrected chi connectivity index (χ1v) is 34.5. The summed E-state index contributed by atoms with van der Waals surface area (Å²) in [6, 6.07) is 44.0. The Hall–Kier alpha value is -9.71. The van der Waals surface area contributed by atoms with Crippen LogP contribution in [0.4, 0.5) is 0 Å². The highest BCUT2D eigenvalue weighted by Gasteiger charge is 2.28. The summed E-state index contributed by atoms with van der Waals surface area (Å²) in [5, 5.41) is 0. The molecule has 0 bridgehead atoms. The lowest BCUT2D eigenvalue weighted by Crippen LogP contribution is -1.93. The number of rotatable bonds is 0. The van der Waals surface area contributed by atoms with Crippen molar-refractivity contribution >= 4 is 0 Å². The molecule has 0 spiro atoms. The highest BCUT2D eigenvalue weighted by Crippen LogP contribution is 2.45. The van der Waals surface area contributed by atoms with Gasteiger partial charge in [-0.05, 0) is 339 Å². The molecule has 5 nitrogen and oxygen atoms in total. The molecule has 6 aliphatic rings. The molecule has 0 amide bonds. The summed E-state index contributed by atoms with van der Waals surface area (Å²) in [7, 11) is 0. The average Bonchev–Trinajstić information content (AvgIpc) is 1.63. The minimum absolute atomic E-state index is 0.998. The van der Waals surface area contributed by atoms with Gasteiger partial charge in [-0.25, -0.2) is 0 Å². The molecule has 7 aromatic carbocycles. The van der Waals surface area contributed by atoms with Gasteiger partial charge in [0.2, 0.25) is 0 Å². The Morgan fingerprint density at radius 1 is 0.208 bits per heavy atom. The van der Waals surface area contributed by atoms with Crippen LogP contribution < -0.4 is 0 Å². The van der Waals surface area contributed by atoms with E-state index in [1.54, 1.807) is 0 Å². The van der Waals surface area contributed by atoms with Crippen molar-refractivity contribution in [3.63, 3.8) is 0 Å². The Morgan fingerprint density at radius 3 is 1.09 bits per heavy atom. The monoisotopic (exact) mass is 1250 g/mol. The maximum absolute atomic E-state index is 4.54. The lowest BCUT2D eigenvalue weighted by molar-refractivity contribution is 1.09. The lowest BCUT2D eigenvalue weighted by Gasteiger charge is -2.11. The second kappa shape index (κ2) is 26.1. The number of nitrogens with zero attached hydrogens (tertiary/aromatic N) is 5. The predicted molar refractivity (Wildman–Crippen MR) is 402 cm³/mol. The van der Waals surface area contributed by atoms with Crippen LogP contribution in [0.1, 0.15) is 168 Å². The fourth-order valence-corrected chi connectivity index (χ4v) is 15.7. The molecule has 0 aliphatic heterocycles. The molecular formula is C91H91N5. The van der Waals surface area contributed by atoms with Gasteiger partial charge in [0.15, 0.2) is 0 Å². The summed E-state index contributed by atoms with van der Waals surface area (Å²) in [5.41, 5.74) is 58.3. The van der Waals surface area contributed by atoms with E-state index < -0.39 is 0 Å². The highest BCUT2D eigenvalue weighted by molar-refractivity contribution is 5.84. The van der Waals surface area contributed by atoms with Gasteiger partial charge in [0.05, 0.1) is 28.5 Å². The van der Waals surface area contributed by atoms with Crippen LogP contribution in [-0.2, 0) is 38.5 Å². The molecule has 0 fully saturated rings. The van der Waals surface area contributed by atoms with Crippen molar-refractivity contribution in [3.8, 4) is 66.8 Å². The van der Waals surface area contributed by atoms with Gasteiger partial charge in [0.25, 0.3) is 0 Å². The molecule has 0 N–H and O–H groups in total. The van der Waals surface area contributed by atoms with E-state index in [-0.39, 0.29) is 0 Å². The number of hydrogen-bond donors (Lipinski definition) is 0. The molecule has 18 rings (SSSR count). The van der Waals surface area contributed by atoms with E-state index in [2.05, 4.69) is 253 Å². The van der Waals surface area contributed by atoms with Crippen molar-refractivity contribution in [2.45, 2.75) is 163 Å². The zero-order valence-electron chi connectivity index (χ0n) is 59.9. The number of aromatic nitrogens is 5. The standard InChI is InChI=1S/C17H18.4C15H15N.C14H13N/c1-10-5-7-14-15-8-6-11(2)13(4)17(15)9-16(14)12(10)3;1-9-6-14-12-5-4-10(2)11(3)13(12)7-15(14)16-8-9;1-9-4-5-12-13(11(9)3)8-14-15(12)10(2)6-7-16-14;1-9-7-14-12-5-4-6-16-15(12)8-13(14)11(3)10(9)2;1-9-7-10(2)15-12-5-4-6-16-14(12)8-13(15)11(9)3;1-9-5-6-11-12-4-3-7-15-14(12)8-13(11)10(9)2/h5-8H,9H2,1-4H3;4-6,8H,7H2,1-3H3;3*4-7H,8H2,1-3H3;3-7H,8H2,1-2H3. The van der Waals surface area contributed by atoms with Crippen molar-refractivity contribution in [1.82, 2.24) is 24.9 Å². The van der Waals surface area contributed by atoms with Crippen LogP contribution in [0.25, 0.3) is 66.8 Å². The Kier molecular flexibility index (Phi) is 17.7. The number of benzene rings is 7. The summed E-state index contributed by atoms with van der Waals surface area (Å²) in [6.07, 6.45) is 15.7. The van der Waals surface area contributed by atoms with Gasteiger partial charge >= 0.3 is 0 Å². The van der Waals surface area contributed by atoms with Crippen molar-refractivity contribution < 1.29 is 0 Å². The zero-order chi connectivity index (χ0) is 67.7. The van der Waals surface area contributed by atoms with Crippen LogP contribution in [0.2, 0.25) is 0 Å². The van der Waals surface area contributed by atoms with Gasteiger partial charge in [-0.3, -0.25) is 24.9 Å². The number of hydrogen-bond acceptors (Lipinski definition) is 5. The highest BCUT2D eigenvalue weighted by atomic mass is 14.7. The normalized spacial score (nSPS) is 12.4. The number of pyridine rings is 5. The quantitative estimate of drug-likeness (QED) is 0.151. The van der Waals surface area contributed by atoms with Crippen LogP contribution in [0.15, 0.2) is 152 Å². The van der Waals surface area contributed by atoms with Crippen molar-refractivity contribution in [2.24, 2.45) is 0 Å². The molecule has 6 aliphatic carbocycles. The molecule has 0 atom stereocenters. The van der Waals surface area contributed by atoms with Crippen LogP contribution in [0.5, 0.6) is 0 Å². The summed E-state index contributed by atoms with van der Waals surface area (Å²) in [6.45, 7) is 39.6. The first kappa shape index (κ1) is 65.0. The van der Waals surface area contributed by atoms with Crippen LogP contribution in [0.3, 0.4) is 0 Å². The predicted octanol–water partition coefficient (Wildman–Crippen LogP) is 22.1. The largest absolute Gasteiger partial charge is 0.260 e. The molecule has 0 radical (unpaired) electrons. The van der Waals surface area contributed by atoms with E-state index >= 15 is 0 Å². The Morgan fingerprint density at radius 2 is 0.573 bits per heavy atom. The molecule has 12 aromatic rings. The first-order chi connectivity index (χ1) is 46.1. The minimum atomic E-state index is 0.998. The molecule has 96 heavy (non-hydrogen) atoms. The molecule has 5 aromatic heterocycles. The fourth-order valence-electron chi connectivity index (χ4n) is 15.7. The zero-order valence-corrected chi connectivity index (χ0v) is 59.9. The maximum atomic E-state index is 4.54. The van der Waals surface area contributed by atoms with Crippen LogP contribution in [0, 0.1) is 125 Å². The third-order valence-electron chi connectivity index (χ3n) is 22.6. The summed E-state index contributed by atoms with van der Waals surface area (Å²) in [5.74, 6) is 0. The third-order valence-corrected chi connectivity index (χ3v) is 22.6. The Bertz CT molecular complexity index is 5090. The summed E-state index contributed by atoms with van der Waals surface area (Å²) < 4.78 is 0. The van der Waals surface area contributed by atoms with Crippen LogP contribution >= 0.6 is 0 Å². The SMILES string of the molecule is Cc1cc(C)c2c(c1C)Cc1ncccc1-2.Cc1cc2c(c(C)c1C)Cc1ncccc1-2.Cc1ccc2c(c1C)Cc1c-2ccc(C)c1C.Cc1ccc2c(c1C)Cc1nccc(C)c1-2.Cc1ccc2c(c1C)Cc1ncccc1-2.Cc1cnc2c(c1)-c1ccc(C)c(C)c1C2. The number of fused-ring (bicyclic) bond motifs is 18. The second-order valence-electron chi connectivity index (χ2n) is 28.1. The van der Waals surface area contributed by atoms with E-state index in [1.165, 1.54) is 234 Å². The van der Waals surface area contributed by atoms with Gasteiger partial charge in [-0.1, -0.05) is 91.0 Å². The first-order valence-electron chi connectivity index (χ1n) is 34.5. The van der Waals surface area contributed by atoms with E-state index in [9.17, 15) is 0 Å². The van der Waals surface area contributed by atoms with E-state index in [0.717, 1.165) is 38.5 Å². The average molecular weight is 1250 g/mol. The molecule has 5 heterocycles. The summed E-state index contributed by atoms with van der Waals surface area (Å²) in [4.78, 5) is 22.5. The van der Waals surface area contributed by atoms with Gasteiger partial charge in [0.1, 0.15) is 0 Å². The van der Waals surface area contributed by atoms with E-state index in [4.69, 9.17) is 0 Å². The topological polar surface area (TPSA) is 64.5 Å². The van der Waals surface area contributed by atoms with Gasteiger partial charge in [-0.2, -0.15) is 0 Å². The molecule has 480 valence electrons. The fraction of sp³-hybridized carbons (Fsp3) is 0.264. The molecule has 0 unspecified atom stereocenters. The molecule has 0 saturated heterocycles.